The smallest absolute Gasteiger partial charge is 0.229 e. The zero-order valence-corrected chi connectivity index (χ0v) is 12.7. The monoisotopic (exact) mass is 286 g/mol. The first-order valence-electron chi connectivity index (χ1n) is 7.00. The predicted molar refractivity (Wildman–Crippen MR) is 84.9 cm³/mol. The number of aromatic amines is 1. The van der Waals surface area contributed by atoms with Gasteiger partial charge < -0.3 is 11.1 Å². The van der Waals surface area contributed by atoms with Crippen molar-refractivity contribution in [2.24, 2.45) is 5.41 Å². The van der Waals surface area contributed by atoms with Crippen molar-refractivity contribution in [3.05, 3.63) is 41.6 Å². The number of carbonyl (C=O) groups is 1. The van der Waals surface area contributed by atoms with Crippen molar-refractivity contribution in [3.8, 4) is 0 Å². The van der Waals surface area contributed by atoms with Gasteiger partial charge in [-0.25, -0.2) is 0 Å². The molecule has 0 unspecified atom stereocenters. The van der Waals surface area contributed by atoms with E-state index < -0.39 is 0 Å². The molecule has 0 saturated heterocycles. The fraction of sp³-hybridized carbons (Fsp3) is 0.375. The number of nitrogens with two attached hydrogens (primary N) is 1. The minimum Gasteiger partial charge on any atom is -0.399 e. The van der Waals surface area contributed by atoms with E-state index in [1.54, 1.807) is 12.1 Å². The molecular formula is C16H22N4O. The maximum absolute atomic E-state index is 12.0. The van der Waals surface area contributed by atoms with Crippen molar-refractivity contribution in [2.75, 3.05) is 11.1 Å². The standard InChI is InChI=1S/C16H22N4O/c1-16(2,3)10-13-9-14(20-19-13)18-15(21)8-11-4-6-12(17)7-5-11/h4-7,9H,8,10,17H2,1-3H3,(H2,18,19,20,21). The second-order valence-corrected chi connectivity index (χ2v) is 6.48. The van der Waals surface area contributed by atoms with Crippen molar-refractivity contribution in [1.29, 1.82) is 0 Å². The summed E-state index contributed by atoms with van der Waals surface area (Å²) in [5.41, 5.74) is 8.43. The molecule has 1 aromatic heterocycles. The Balaban J connectivity index is 1.92. The Hall–Kier alpha value is -2.30. The number of benzene rings is 1. The van der Waals surface area contributed by atoms with Crippen LogP contribution in [0.1, 0.15) is 32.0 Å². The van der Waals surface area contributed by atoms with Crippen molar-refractivity contribution in [1.82, 2.24) is 10.2 Å². The predicted octanol–water partition coefficient (Wildman–Crippen LogP) is 2.76. The van der Waals surface area contributed by atoms with Crippen LogP contribution in [0.5, 0.6) is 0 Å². The minimum absolute atomic E-state index is 0.0893. The van der Waals surface area contributed by atoms with Gasteiger partial charge in [0, 0.05) is 17.4 Å². The Morgan fingerprint density at radius 3 is 2.57 bits per heavy atom. The summed E-state index contributed by atoms with van der Waals surface area (Å²) in [4.78, 5) is 12.0. The summed E-state index contributed by atoms with van der Waals surface area (Å²) in [7, 11) is 0. The second kappa shape index (κ2) is 5.99. The van der Waals surface area contributed by atoms with E-state index in [0.29, 0.717) is 17.9 Å². The molecule has 0 radical (unpaired) electrons. The zero-order valence-electron chi connectivity index (χ0n) is 12.7. The lowest BCUT2D eigenvalue weighted by atomic mass is 9.91. The molecule has 0 fully saturated rings. The highest BCUT2D eigenvalue weighted by Gasteiger charge is 2.14. The van der Waals surface area contributed by atoms with Gasteiger partial charge in [-0.1, -0.05) is 32.9 Å². The second-order valence-electron chi connectivity index (χ2n) is 6.48. The van der Waals surface area contributed by atoms with Gasteiger partial charge in [0.05, 0.1) is 6.42 Å². The Morgan fingerprint density at radius 2 is 1.95 bits per heavy atom. The summed E-state index contributed by atoms with van der Waals surface area (Å²) in [6.07, 6.45) is 1.19. The summed E-state index contributed by atoms with van der Waals surface area (Å²) < 4.78 is 0. The van der Waals surface area contributed by atoms with Crippen molar-refractivity contribution < 1.29 is 4.79 Å². The molecule has 1 aromatic carbocycles. The molecule has 0 aliphatic carbocycles. The van der Waals surface area contributed by atoms with E-state index in [-0.39, 0.29) is 11.3 Å². The van der Waals surface area contributed by atoms with Crippen LogP contribution in [-0.2, 0) is 17.6 Å². The van der Waals surface area contributed by atoms with Crippen LogP contribution in [0.4, 0.5) is 11.5 Å². The van der Waals surface area contributed by atoms with Gasteiger partial charge in [0.1, 0.15) is 0 Å². The fourth-order valence-electron chi connectivity index (χ4n) is 2.10. The molecule has 0 aliphatic heterocycles. The van der Waals surface area contributed by atoms with E-state index >= 15 is 0 Å². The summed E-state index contributed by atoms with van der Waals surface area (Å²) >= 11 is 0. The van der Waals surface area contributed by atoms with Crippen LogP contribution in [0.15, 0.2) is 30.3 Å². The molecule has 21 heavy (non-hydrogen) atoms. The van der Waals surface area contributed by atoms with Gasteiger partial charge in [-0.3, -0.25) is 9.89 Å². The third-order valence-corrected chi connectivity index (χ3v) is 2.96. The number of rotatable bonds is 4. The van der Waals surface area contributed by atoms with Gasteiger partial charge in [-0.2, -0.15) is 5.10 Å². The molecule has 5 heteroatoms. The average Bonchev–Trinajstić information content (AvgIpc) is 2.77. The Bertz CT molecular complexity index is 608. The minimum atomic E-state index is -0.0893. The number of aromatic nitrogens is 2. The number of hydrogen-bond donors (Lipinski definition) is 3. The number of carbonyl (C=O) groups excluding carboxylic acids is 1. The van der Waals surface area contributed by atoms with Crippen LogP contribution in [0.3, 0.4) is 0 Å². The molecule has 112 valence electrons. The molecule has 0 saturated carbocycles. The van der Waals surface area contributed by atoms with Crippen LogP contribution < -0.4 is 11.1 Å². The van der Waals surface area contributed by atoms with Crippen molar-refractivity contribution in [2.45, 2.75) is 33.6 Å². The number of H-pyrrole nitrogens is 1. The number of nitrogen functional groups attached to an aromatic ring is 1. The topological polar surface area (TPSA) is 83.8 Å². The molecule has 0 bridgehead atoms. The van der Waals surface area contributed by atoms with Crippen LogP contribution in [0, 0.1) is 5.41 Å². The molecule has 5 nitrogen and oxygen atoms in total. The zero-order chi connectivity index (χ0) is 15.5. The first-order valence-corrected chi connectivity index (χ1v) is 7.00. The summed E-state index contributed by atoms with van der Waals surface area (Å²) in [5, 5.41) is 9.88. The maximum atomic E-state index is 12.0. The number of anilines is 2. The third kappa shape index (κ3) is 4.95. The lowest BCUT2D eigenvalue weighted by Gasteiger charge is -2.15. The molecule has 0 spiro atoms. The Morgan fingerprint density at radius 1 is 1.29 bits per heavy atom. The van der Waals surface area contributed by atoms with Crippen molar-refractivity contribution >= 4 is 17.4 Å². The number of hydrogen-bond acceptors (Lipinski definition) is 3. The van der Waals surface area contributed by atoms with E-state index in [4.69, 9.17) is 5.73 Å². The van der Waals surface area contributed by atoms with Crippen LogP contribution in [0.2, 0.25) is 0 Å². The SMILES string of the molecule is CC(C)(C)Cc1cc(NC(=O)Cc2ccc(N)cc2)n[nH]1. The number of amides is 1. The molecule has 2 aromatic rings. The highest BCUT2D eigenvalue weighted by Crippen LogP contribution is 2.20. The quantitative estimate of drug-likeness (QED) is 0.756. The van der Waals surface area contributed by atoms with Gasteiger partial charge >= 0.3 is 0 Å². The van der Waals surface area contributed by atoms with E-state index in [2.05, 4.69) is 36.3 Å². The molecular weight excluding hydrogens is 264 g/mol. The first kappa shape index (κ1) is 15.1. The maximum Gasteiger partial charge on any atom is 0.229 e. The van der Waals surface area contributed by atoms with Gasteiger partial charge in [-0.05, 0) is 29.5 Å². The highest BCUT2D eigenvalue weighted by molar-refractivity contribution is 5.91. The normalized spacial score (nSPS) is 11.4. The first-order chi connectivity index (χ1) is 9.82. The Labute approximate surface area is 124 Å². The van der Waals surface area contributed by atoms with E-state index in [1.165, 1.54) is 0 Å². The molecule has 1 amide bonds. The molecule has 1 heterocycles. The van der Waals surface area contributed by atoms with Gasteiger partial charge in [-0.15, -0.1) is 0 Å². The van der Waals surface area contributed by atoms with Gasteiger partial charge in [0.25, 0.3) is 0 Å². The summed E-state index contributed by atoms with van der Waals surface area (Å²) in [6, 6.07) is 9.16. The van der Waals surface area contributed by atoms with E-state index in [1.807, 2.05) is 18.2 Å². The van der Waals surface area contributed by atoms with E-state index in [9.17, 15) is 4.79 Å². The third-order valence-electron chi connectivity index (χ3n) is 2.96. The molecule has 0 atom stereocenters. The molecule has 0 aliphatic rings. The number of nitrogens with zero attached hydrogens (tertiary/aromatic N) is 1. The van der Waals surface area contributed by atoms with Crippen LogP contribution >= 0.6 is 0 Å². The van der Waals surface area contributed by atoms with Gasteiger partial charge in [0.2, 0.25) is 5.91 Å². The lowest BCUT2D eigenvalue weighted by molar-refractivity contribution is -0.115. The summed E-state index contributed by atoms with van der Waals surface area (Å²) in [6.45, 7) is 6.48. The van der Waals surface area contributed by atoms with Crippen molar-refractivity contribution in [3.63, 3.8) is 0 Å². The average molecular weight is 286 g/mol. The lowest BCUT2D eigenvalue weighted by Crippen LogP contribution is -2.14. The van der Waals surface area contributed by atoms with E-state index in [0.717, 1.165) is 17.7 Å². The Kier molecular flexibility index (Phi) is 4.31. The fourth-order valence-corrected chi connectivity index (χ4v) is 2.10. The summed E-state index contributed by atoms with van der Waals surface area (Å²) in [5.74, 6) is 0.475. The number of nitrogens with one attached hydrogen (secondary N) is 2. The van der Waals surface area contributed by atoms with Gasteiger partial charge in [0.15, 0.2) is 5.82 Å². The molecule has 4 N–H and O–H groups in total. The molecule has 2 rings (SSSR count). The van der Waals surface area contributed by atoms with Crippen LogP contribution in [0.25, 0.3) is 0 Å². The highest BCUT2D eigenvalue weighted by atomic mass is 16.1. The largest absolute Gasteiger partial charge is 0.399 e. The van der Waals surface area contributed by atoms with Crippen LogP contribution in [-0.4, -0.2) is 16.1 Å².